The zero-order valence-electron chi connectivity index (χ0n) is 34.2. The molecule has 4 amide bonds. The monoisotopic (exact) mass is 746 g/mol. The van der Waals surface area contributed by atoms with E-state index >= 15 is 0 Å². The highest BCUT2D eigenvalue weighted by atomic mass is 28.4. The Kier molecular flexibility index (Phi) is 17.1. The van der Waals surface area contributed by atoms with Gasteiger partial charge in [0.1, 0.15) is 29.5 Å². The van der Waals surface area contributed by atoms with Gasteiger partial charge in [-0.3, -0.25) is 14.4 Å². The number of carbonyl (C=O) groups excluding carboxylic acids is 4. The Labute approximate surface area is 313 Å². The molecule has 1 rings (SSSR count). The smallest absolute Gasteiger partial charge is 0.407 e. The topological polar surface area (TPSA) is 163 Å². The second-order valence-corrected chi connectivity index (χ2v) is 21.7. The van der Waals surface area contributed by atoms with Gasteiger partial charge in [0.05, 0.1) is 0 Å². The minimum absolute atomic E-state index is 0.00246. The fraction of sp³-hybridized carbons (Fsp3) is 0.667. The molecule has 4 N–H and O–H groups in total. The van der Waals surface area contributed by atoms with Crippen LogP contribution >= 0.6 is 0 Å². The van der Waals surface area contributed by atoms with Crippen LogP contribution in [0.5, 0.6) is 5.75 Å². The van der Waals surface area contributed by atoms with Crippen molar-refractivity contribution in [3.8, 4) is 5.75 Å². The molecule has 1 aromatic carbocycles. The molecular weight excluding hydrogens is 681 g/mol. The molecule has 0 spiro atoms. The average Bonchev–Trinajstić information content (AvgIpc) is 2.99. The summed E-state index contributed by atoms with van der Waals surface area (Å²) in [4.78, 5) is 65.8. The molecule has 52 heavy (non-hydrogen) atoms. The van der Waals surface area contributed by atoms with E-state index in [0.717, 1.165) is 11.1 Å². The van der Waals surface area contributed by atoms with E-state index in [-0.39, 0.29) is 23.3 Å². The Morgan fingerprint density at radius 3 is 1.94 bits per heavy atom. The minimum Gasteiger partial charge on any atom is -0.544 e. The van der Waals surface area contributed by atoms with Crippen LogP contribution in [0.25, 0.3) is 0 Å². The highest BCUT2D eigenvalue weighted by molar-refractivity contribution is 6.74. The van der Waals surface area contributed by atoms with Crippen LogP contribution < -0.4 is 20.4 Å². The zero-order chi connectivity index (χ0) is 40.4. The molecule has 0 aliphatic rings. The lowest BCUT2D eigenvalue weighted by Crippen LogP contribution is -2.57. The van der Waals surface area contributed by atoms with Gasteiger partial charge >= 0.3 is 12.1 Å². The van der Waals surface area contributed by atoms with Crippen LogP contribution in [0, 0.1) is 17.8 Å². The maximum Gasteiger partial charge on any atom is 0.407 e. The Morgan fingerprint density at radius 2 is 1.46 bits per heavy atom. The number of aliphatic carboxylic acids is 1. The quantitative estimate of drug-likeness (QED) is 0.107. The molecule has 0 bridgehead atoms. The van der Waals surface area contributed by atoms with Crippen molar-refractivity contribution in [3.63, 3.8) is 0 Å². The normalized spacial score (nSPS) is 15.4. The van der Waals surface area contributed by atoms with Gasteiger partial charge in [0.25, 0.3) is 0 Å². The largest absolute Gasteiger partial charge is 0.544 e. The van der Waals surface area contributed by atoms with Gasteiger partial charge in [-0.2, -0.15) is 0 Å². The summed E-state index contributed by atoms with van der Waals surface area (Å²) < 4.78 is 11.7. The van der Waals surface area contributed by atoms with Crippen molar-refractivity contribution in [1.82, 2.24) is 20.9 Å². The van der Waals surface area contributed by atoms with Gasteiger partial charge in [-0.05, 0) is 88.7 Å². The van der Waals surface area contributed by atoms with Crippen molar-refractivity contribution in [2.45, 2.75) is 138 Å². The predicted octanol–water partition coefficient (Wildman–Crippen LogP) is 6.30. The van der Waals surface area contributed by atoms with Crippen molar-refractivity contribution in [2.24, 2.45) is 17.8 Å². The molecule has 5 atom stereocenters. The molecule has 0 saturated heterocycles. The van der Waals surface area contributed by atoms with Crippen LogP contribution in [0.4, 0.5) is 4.79 Å². The molecule has 0 unspecified atom stereocenters. The fourth-order valence-corrected chi connectivity index (χ4v) is 6.19. The number of nitrogens with zero attached hydrogens (tertiary/aromatic N) is 1. The molecule has 0 radical (unpaired) electrons. The number of benzene rings is 1. The van der Waals surface area contributed by atoms with Gasteiger partial charge in [0.2, 0.25) is 26.0 Å². The van der Waals surface area contributed by atoms with Crippen molar-refractivity contribution >= 4 is 38.1 Å². The molecule has 0 saturated carbocycles. The van der Waals surface area contributed by atoms with Crippen LogP contribution in [0.2, 0.25) is 18.1 Å². The zero-order valence-corrected chi connectivity index (χ0v) is 35.2. The summed E-state index contributed by atoms with van der Waals surface area (Å²) in [6, 6.07) is 4.21. The van der Waals surface area contributed by atoms with Crippen LogP contribution in [0.3, 0.4) is 0 Å². The summed E-state index contributed by atoms with van der Waals surface area (Å²) in [5, 5.41) is 17.9. The summed E-state index contributed by atoms with van der Waals surface area (Å²) in [5.41, 5.74) is 1.11. The van der Waals surface area contributed by atoms with Crippen LogP contribution in [-0.4, -0.2) is 85.4 Å². The maximum atomic E-state index is 13.7. The van der Waals surface area contributed by atoms with E-state index in [4.69, 9.17) is 9.16 Å². The molecule has 0 aliphatic carbocycles. The molecule has 0 fully saturated rings. The maximum absolute atomic E-state index is 13.7. The van der Waals surface area contributed by atoms with Crippen LogP contribution in [0.1, 0.15) is 95.1 Å². The van der Waals surface area contributed by atoms with Gasteiger partial charge in [-0.1, -0.05) is 72.2 Å². The van der Waals surface area contributed by atoms with E-state index in [1.54, 1.807) is 48.5 Å². The van der Waals surface area contributed by atoms with Gasteiger partial charge in [0, 0.05) is 25.9 Å². The molecule has 1 aromatic rings. The number of likely N-dealkylation sites (N-methyl/N-ethyl adjacent to an activating group) is 1. The van der Waals surface area contributed by atoms with Crippen molar-refractivity contribution < 1.29 is 38.2 Å². The number of carboxylic acid groups (broad SMARTS) is 1. The fourth-order valence-electron chi connectivity index (χ4n) is 5.16. The number of carboxylic acids is 1. The number of amides is 4. The highest BCUT2D eigenvalue weighted by Gasteiger charge is 2.39. The van der Waals surface area contributed by atoms with E-state index < -0.39 is 67.8 Å². The second-order valence-electron chi connectivity index (χ2n) is 17.0. The molecule has 13 heteroatoms. The van der Waals surface area contributed by atoms with E-state index in [9.17, 15) is 29.1 Å². The molecule has 294 valence electrons. The van der Waals surface area contributed by atoms with E-state index in [1.807, 2.05) is 44.2 Å². The number of alkyl carbamates (subject to hydrolysis) is 1. The van der Waals surface area contributed by atoms with E-state index in [1.165, 1.54) is 11.9 Å². The van der Waals surface area contributed by atoms with Gasteiger partial charge in [0.15, 0.2) is 0 Å². The van der Waals surface area contributed by atoms with Crippen LogP contribution in [0.15, 0.2) is 35.9 Å². The first kappa shape index (κ1) is 46.1. The minimum atomic E-state index is -2.08. The van der Waals surface area contributed by atoms with Crippen LogP contribution in [-0.2, 0) is 30.3 Å². The number of allylic oxidation sites excluding steroid dienone is 1. The SMILES string of the molecule is C/C(=C\[C@H](C)CNC(=O)OC(C)(C)C)C[C@H](C)C(=O)N[C@@H](C)C(=O)N(C)[C@H](Cc1ccc(O[Si](C)(C)C(C)(C)C)cc1)C(=O)N[C@H](C(=O)O)C(C)C. The van der Waals surface area contributed by atoms with E-state index in [0.29, 0.717) is 18.7 Å². The van der Waals surface area contributed by atoms with Gasteiger partial charge in [-0.15, -0.1) is 0 Å². The summed E-state index contributed by atoms with van der Waals surface area (Å²) >= 11 is 0. The summed E-state index contributed by atoms with van der Waals surface area (Å²) in [7, 11) is -0.595. The average molecular weight is 747 g/mol. The van der Waals surface area contributed by atoms with Gasteiger partial charge in [-0.25, -0.2) is 9.59 Å². The number of hydrogen-bond donors (Lipinski definition) is 4. The number of ether oxygens (including phenoxy) is 1. The number of carbonyl (C=O) groups is 5. The molecule has 0 aromatic heterocycles. The van der Waals surface area contributed by atoms with Crippen molar-refractivity contribution in [1.29, 1.82) is 0 Å². The first-order valence-electron chi connectivity index (χ1n) is 18.2. The lowest BCUT2D eigenvalue weighted by molar-refractivity contribution is -0.146. The molecule has 12 nitrogen and oxygen atoms in total. The van der Waals surface area contributed by atoms with Crippen molar-refractivity contribution in [3.05, 3.63) is 41.5 Å². The highest BCUT2D eigenvalue weighted by Crippen LogP contribution is 2.37. The Hall–Kier alpha value is -3.87. The standard InChI is InChI=1S/C39H66N4O8Si/c1-24(2)32(36(47)48)42-34(45)31(22-29-16-18-30(19-17-29)51-52(14,15)39(10,11)12)43(13)35(46)28(6)41-33(44)27(5)21-25(3)20-26(4)23-40-37(49)50-38(7,8)9/h16-20,24,26-28,31-32H,21-23H2,1-15H3,(H,40,49)(H,41,44)(H,42,45)(H,47,48)/b25-20+/t26-,27-,28-,31+,32-/m0/s1. The number of hydrogen-bond acceptors (Lipinski definition) is 7. The summed E-state index contributed by atoms with van der Waals surface area (Å²) in [6.07, 6.45) is 2.04. The summed E-state index contributed by atoms with van der Waals surface area (Å²) in [5.74, 6) is -2.74. The third kappa shape index (κ3) is 15.4. The second kappa shape index (κ2) is 19.3. The first-order valence-corrected chi connectivity index (χ1v) is 21.1. The lowest BCUT2D eigenvalue weighted by atomic mass is 9.97. The third-order valence-electron chi connectivity index (χ3n) is 9.22. The van der Waals surface area contributed by atoms with Crippen molar-refractivity contribution in [2.75, 3.05) is 13.6 Å². The number of nitrogens with one attached hydrogen (secondary N) is 3. The first-order chi connectivity index (χ1) is 23.6. The third-order valence-corrected chi connectivity index (χ3v) is 13.6. The predicted molar refractivity (Wildman–Crippen MR) is 207 cm³/mol. The number of rotatable bonds is 17. The Morgan fingerprint density at radius 1 is 0.904 bits per heavy atom. The lowest BCUT2D eigenvalue weighted by Gasteiger charge is -2.36. The molecular formula is C39H66N4O8Si. The molecule has 0 heterocycles. The molecule has 0 aliphatic heterocycles. The Balaban J connectivity index is 3.09. The Bertz CT molecular complexity index is 1410. The summed E-state index contributed by atoms with van der Waals surface area (Å²) in [6.45, 7) is 27.1. The van der Waals surface area contributed by atoms with Gasteiger partial charge < -0.3 is 35.1 Å². The van der Waals surface area contributed by atoms with E-state index in [2.05, 4.69) is 49.8 Å².